The number of rotatable bonds is 4. The van der Waals surface area contributed by atoms with Crippen LogP contribution in [0.25, 0.3) is 0 Å². The van der Waals surface area contributed by atoms with Crippen molar-refractivity contribution < 1.29 is 28.5 Å². The van der Waals surface area contributed by atoms with E-state index in [9.17, 15) is 4.79 Å². The van der Waals surface area contributed by atoms with Crippen LogP contribution in [-0.2, 0) is 28.5 Å². The standard InChI is InChI=1S/C14H21NO6S/c1-14(2)20-12-11(17-6-22-3)10(19-13(12)21-14)7-5-15-8(16)4-9(15)18-7/h7,9-13H,4-6H2,1-3H3/t7-,9+,10+,11-,12-,13-/m1/s1. The van der Waals surface area contributed by atoms with Gasteiger partial charge in [-0.1, -0.05) is 0 Å². The highest BCUT2D eigenvalue weighted by Gasteiger charge is 2.60. The number of fused-ring (bicyclic) bond motifs is 2. The first-order valence-electron chi connectivity index (χ1n) is 7.55. The largest absolute Gasteiger partial charge is 0.362 e. The lowest BCUT2D eigenvalue weighted by Crippen LogP contribution is -2.49. The van der Waals surface area contributed by atoms with E-state index in [4.69, 9.17) is 23.7 Å². The van der Waals surface area contributed by atoms with E-state index in [0.29, 0.717) is 18.9 Å². The number of β-lactam (4-membered cyclic amide) rings is 1. The summed E-state index contributed by atoms with van der Waals surface area (Å²) in [6, 6.07) is 0. The number of carbonyl (C=O) groups is 1. The van der Waals surface area contributed by atoms with Crippen LogP contribution in [0.2, 0.25) is 0 Å². The molecule has 4 fully saturated rings. The van der Waals surface area contributed by atoms with Crippen molar-refractivity contribution in [3.05, 3.63) is 0 Å². The zero-order chi connectivity index (χ0) is 15.5. The zero-order valence-electron chi connectivity index (χ0n) is 12.9. The van der Waals surface area contributed by atoms with Gasteiger partial charge in [-0.3, -0.25) is 4.79 Å². The van der Waals surface area contributed by atoms with Crippen LogP contribution in [-0.4, -0.2) is 72.3 Å². The molecule has 4 rings (SSSR count). The van der Waals surface area contributed by atoms with Gasteiger partial charge in [0.15, 0.2) is 12.1 Å². The summed E-state index contributed by atoms with van der Waals surface area (Å²) >= 11 is 1.60. The van der Waals surface area contributed by atoms with Gasteiger partial charge < -0.3 is 28.6 Å². The summed E-state index contributed by atoms with van der Waals surface area (Å²) < 4.78 is 29.6. The average molecular weight is 331 g/mol. The van der Waals surface area contributed by atoms with E-state index in [1.165, 1.54) is 0 Å². The van der Waals surface area contributed by atoms with E-state index < -0.39 is 12.1 Å². The Kier molecular flexibility index (Phi) is 3.67. The summed E-state index contributed by atoms with van der Waals surface area (Å²) in [4.78, 5) is 13.3. The Balaban J connectivity index is 1.48. The Morgan fingerprint density at radius 1 is 1.32 bits per heavy atom. The topological polar surface area (TPSA) is 66.5 Å². The monoisotopic (exact) mass is 331 g/mol. The Morgan fingerprint density at radius 3 is 2.82 bits per heavy atom. The van der Waals surface area contributed by atoms with Crippen molar-refractivity contribution in [2.45, 2.75) is 63.0 Å². The molecular weight excluding hydrogens is 310 g/mol. The number of hydrogen-bond donors (Lipinski definition) is 0. The van der Waals surface area contributed by atoms with E-state index in [1.807, 2.05) is 20.1 Å². The van der Waals surface area contributed by atoms with Crippen LogP contribution in [0, 0.1) is 0 Å². The van der Waals surface area contributed by atoms with Crippen LogP contribution < -0.4 is 0 Å². The van der Waals surface area contributed by atoms with Crippen LogP contribution in [0.1, 0.15) is 20.3 Å². The third kappa shape index (κ3) is 2.37. The van der Waals surface area contributed by atoms with Crippen molar-refractivity contribution in [1.29, 1.82) is 0 Å². The Labute approximate surface area is 133 Å². The Bertz CT molecular complexity index is 474. The maximum atomic E-state index is 11.5. The predicted molar refractivity (Wildman–Crippen MR) is 76.9 cm³/mol. The average Bonchev–Trinajstić information content (AvgIpc) is 3.04. The fourth-order valence-corrected chi connectivity index (χ4v) is 3.82. The summed E-state index contributed by atoms with van der Waals surface area (Å²) in [6.07, 6.45) is 0.917. The molecule has 22 heavy (non-hydrogen) atoms. The van der Waals surface area contributed by atoms with Gasteiger partial charge in [-0.2, -0.15) is 0 Å². The minimum absolute atomic E-state index is 0.0963. The Morgan fingerprint density at radius 2 is 2.14 bits per heavy atom. The molecule has 124 valence electrons. The maximum absolute atomic E-state index is 11.5. The molecule has 0 aromatic rings. The molecular formula is C14H21NO6S. The van der Waals surface area contributed by atoms with E-state index >= 15 is 0 Å². The third-order valence-corrected chi connectivity index (χ3v) is 4.87. The van der Waals surface area contributed by atoms with Gasteiger partial charge >= 0.3 is 0 Å². The molecule has 0 spiro atoms. The molecule has 4 aliphatic heterocycles. The van der Waals surface area contributed by atoms with E-state index in [1.54, 1.807) is 16.7 Å². The molecule has 8 heteroatoms. The van der Waals surface area contributed by atoms with E-state index in [-0.39, 0.29) is 36.6 Å². The first kappa shape index (κ1) is 15.2. The molecule has 0 aromatic carbocycles. The van der Waals surface area contributed by atoms with Crippen molar-refractivity contribution in [2.75, 3.05) is 18.7 Å². The zero-order valence-corrected chi connectivity index (χ0v) is 13.7. The summed E-state index contributed by atoms with van der Waals surface area (Å²) in [6.45, 7) is 4.29. The molecule has 0 aliphatic carbocycles. The van der Waals surface area contributed by atoms with Crippen molar-refractivity contribution in [1.82, 2.24) is 4.90 Å². The van der Waals surface area contributed by atoms with Gasteiger partial charge in [0, 0.05) is 0 Å². The van der Waals surface area contributed by atoms with E-state index in [2.05, 4.69) is 0 Å². The highest BCUT2D eigenvalue weighted by molar-refractivity contribution is 7.98. The molecule has 0 aromatic heterocycles. The SMILES string of the molecule is CSCO[C@@H]1[C@H]([C@H]2CN3C(=O)C[C@@H]3O2)O[C@@H]2OC(C)(C)O[C@@H]21. The smallest absolute Gasteiger partial charge is 0.229 e. The molecule has 7 nitrogen and oxygen atoms in total. The first-order valence-corrected chi connectivity index (χ1v) is 8.94. The molecule has 0 N–H and O–H groups in total. The summed E-state index contributed by atoms with van der Waals surface area (Å²) in [7, 11) is 0. The number of hydrogen-bond acceptors (Lipinski definition) is 7. The third-order valence-electron chi connectivity index (χ3n) is 4.50. The number of carbonyl (C=O) groups excluding carboxylic acids is 1. The Hall–Kier alpha value is -0.380. The molecule has 4 aliphatic rings. The lowest BCUT2D eigenvalue weighted by molar-refractivity contribution is -0.230. The predicted octanol–water partition coefficient (Wildman–Crippen LogP) is 0.526. The fraction of sp³-hybridized carbons (Fsp3) is 0.929. The molecule has 6 atom stereocenters. The van der Waals surface area contributed by atoms with Crippen molar-refractivity contribution in [3.8, 4) is 0 Å². The van der Waals surface area contributed by atoms with Gasteiger partial charge in [0.05, 0.1) is 18.9 Å². The number of amides is 1. The van der Waals surface area contributed by atoms with Gasteiger partial charge in [-0.15, -0.1) is 11.8 Å². The molecule has 0 saturated carbocycles. The van der Waals surface area contributed by atoms with Crippen molar-refractivity contribution in [2.24, 2.45) is 0 Å². The van der Waals surface area contributed by atoms with Gasteiger partial charge in [0.25, 0.3) is 0 Å². The lowest BCUT2D eigenvalue weighted by Gasteiger charge is -2.31. The molecule has 1 amide bonds. The summed E-state index contributed by atoms with van der Waals surface area (Å²) in [5.41, 5.74) is 0. The summed E-state index contributed by atoms with van der Waals surface area (Å²) in [5.74, 6) is 0.0213. The van der Waals surface area contributed by atoms with Gasteiger partial charge in [0.2, 0.25) is 5.91 Å². The first-order chi connectivity index (χ1) is 10.5. The molecule has 0 radical (unpaired) electrons. The highest BCUT2D eigenvalue weighted by atomic mass is 32.2. The van der Waals surface area contributed by atoms with Gasteiger partial charge in [-0.25, -0.2) is 0 Å². The maximum Gasteiger partial charge on any atom is 0.229 e. The molecule has 4 saturated heterocycles. The van der Waals surface area contributed by atoms with Gasteiger partial charge in [0.1, 0.15) is 30.6 Å². The van der Waals surface area contributed by atoms with E-state index in [0.717, 1.165) is 0 Å². The molecule has 4 heterocycles. The van der Waals surface area contributed by atoms with Crippen LogP contribution in [0.15, 0.2) is 0 Å². The molecule has 0 unspecified atom stereocenters. The van der Waals surface area contributed by atoms with Gasteiger partial charge in [-0.05, 0) is 20.1 Å². The van der Waals surface area contributed by atoms with Crippen LogP contribution in [0.5, 0.6) is 0 Å². The second kappa shape index (κ2) is 5.32. The number of ether oxygens (including phenoxy) is 5. The second-order valence-corrected chi connectivity index (χ2v) is 7.30. The van der Waals surface area contributed by atoms with Crippen molar-refractivity contribution in [3.63, 3.8) is 0 Å². The second-order valence-electron chi connectivity index (χ2n) is 6.49. The van der Waals surface area contributed by atoms with Crippen LogP contribution in [0.3, 0.4) is 0 Å². The number of nitrogens with zero attached hydrogens (tertiary/aromatic N) is 1. The lowest BCUT2D eigenvalue weighted by atomic mass is 10.1. The normalized spacial score (nSPS) is 45.8. The van der Waals surface area contributed by atoms with Crippen LogP contribution in [0.4, 0.5) is 0 Å². The quantitative estimate of drug-likeness (QED) is 0.550. The van der Waals surface area contributed by atoms with Crippen molar-refractivity contribution >= 4 is 17.7 Å². The minimum Gasteiger partial charge on any atom is -0.362 e. The summed E-state index contributed by atoms with van der Waals surface area (Å²) in [5, 5.41) is 0. The fourth-order valence-electron chi connectivity index (χ4n) is 3.53. The highest BCUT2D eigenvalue weighted by Crippen LogP contribution is 2.42. The molecule has 0 bridgehead atoms. The number of thioether (sulfide) groups is 1. The van der Waals surface area contributed by atoms with Crippen LogP contribution >= 0.6 is 11.8 Å². The minimum atomic E-state index is -0.670.